The highest BCUT2D eigenvalue weighted by Crippen LogP contribution is 2.13. The Morgan fingerprint density at radius 3 is 3.31 bits per heavy atom. The average molecular weight is 183 g/mol. The van der Waals surface area contributed by atoms with Crippen LogP contribution in [0.4, 0.5) is 4.39 Å². The molecule has 0 aromatic carbocycles. The lowest BCUT2D eigenvalue weighted by Gasteiger charge is -2.02. The Hall–Kier alpha value is -1.23. The van der Waals surface area contributed by atoms with Crippen molar-refractivity contribution >= 4 is 0 Å². The SMILES string of the molecule is FCCOc1ncc2c(n1)CNC2. The topological polar surface area (TPSA) is 47.0 Å². The molecule has 70 valence electrons. The molecular weight excluding hydrogens is 173 g/mol. The second-order valence-electron chi connectivity index (χ2n) is 2.77. The molecule has 0 atom stereocenters. The first-order valence-corrected chi connectivity index (χ1v) is 4.14. The third kappa shape index (κ3) is 1.75. The minimum atomic E-state index is -0.515. The van der Waals surface area contributed by atoms with Gasteiger partial charge in [0.25, 0.3) is 0 Å². The Balaban J connectivity index is 2.12. The van der Waals surface area contributed by atoms with Crippen LogP contribution in [0.5, 0.6) is 6.01 Å². The number of ether oxygens (including phenoxy) is 1. The van der Waals surface area contributed by atoms with E-state index in [-0.39, 0.29) is 12.6 Å². The molecule has 1 aromatic heterocycles. The molecule has 1 aromatic rings. The summed E-state index contributed by atoms with van der Waals surface area (Å²) < 4.78 is 16.7. The van der Waals surface area contributed by atoms with E-state index in [0.717, 1.165) is 24.3 Å². The van der Waals surface area contributed by atoms with Gasteiger partial charge in [0.05, 0.1) is 5.69 Å². The van der Waals surface area contributed by atoms with Crippen molar-refractivity contribution in [2.24, 2.45) is 0 Å². The molecule has 0 amide bonds. The summed E-state index contributed by atoms with van der Waals surface area (Å²) in [6, 6.07) is 0.264. The van der Waals surface area contributed by atoms with Gasteiger partial charge in [-0.15, -0.1) is 0 Å². The standard InChI is InChI=1S/C8H10FN3O/c9-1-2-13-8-11-4-6-3-10-5-7(6)12-8/h4,10H,1-3,5H2. The second kappa shape index (κ2) is 3.66. The number of halogens is 1. The van der Waals surface area contributed by atoms with Crippen molar-refractivity contribution in [2.75, 3.05) is 13.3 Å². The molecule has 0 spiro atoms. The van der Waals surface area contributed by atoms with E-state index in [1.54, 1.807) is 6.20 Å². The Labute approximate surface area is 75.2 Å². The second-order valence-corrected chi connectivity index (χ2v) is 2.77. The maximum absolute atomic E-state index is 11.8. The first-order chi connectivity index (χ1) is 6.40. The van der Waals surface area contributed by atoms with Crippen LogP contribution in [-0.4, -0.2) is 23.2 Å². The van der Waals surface area contributed by atoms with Gasteiger partial charge < -0.3 is 10.1 Å². The molecule has 2 rings (SSSR count). The number of rotatable bonds is 3. The van der Waals surface area contributed by atoms with Crippen LogP contribution in [-0.2, 0) is 13.1 Å². The van der Waals surface area contributed by atoms with Crippen molar-refractivity contribution in [3.05, 3.63) is 17.5 Å². The van der Waals surface area contributed by atoms with Crippen LogP contribution in [0.15, 0.2) is 6.20 Å². The summed E-state index contributed by atoms with van der Waals surface area (Å²) in [5.41, 5.74) is 2.04. The van der Waals surface area contributed by atoms with E-state index in [4.69, 9.17) is 4.74 Å². The normalized spacial score (nSPS) is 14.2. The molecule has 0 aliphatic carbocycles. The van der Waals surface area contributed by atoms with Gasteiger partial charge in [-0.25, -0.2) is 9.37 Å². The number of hydrogen-bond donors (Lipinski definition) is 1. The van der Waals surface area contributed by atoms with Crippen molar-refractivity contribution in [3.63, 3.8) is 0 Å². The Kier molecular flexibility index (Phi) is 2.35. The van der Waals surface area contributed by atoms with Gasteiger partial charge in [0.1, 0.15) is 13.3 Å². The third-order valence-electron chi connectivity index (χ3n) is 1.85. The number of aromatic nitrogens is 2. The summed E-state index contributed by atoms with van der Waals surface area (Å²) in [7, 11) is 0. The summed E-state index contributed by atoms with van der Waals surface area (Å²) in [6.07, 6.45) is 1.72. The molecular formula is C8H10FN3O. The van der Waals surface area contributed by atoms with Gasteiger partial charge >= 0.3 is 6.01 Å². The van der Waals surface area contributed by atoms with Crippen molar-refractivity contribution in [1.29, 1.82) is 0 Å². The average Bonchev–Trinajstić information content (AvgIpc) is 2.61. The summed E-state index contributed by atoms with van der Waals surface area (Å²) in [6.45, 7) is 1.05. The minimum absolute atomic E-state index is 0.0201. The maximum atomic E-state index is 11.8. The quantitative estimate of drug-likeness (QED) is 0.738. The van der Waals surface area contributed by atoms with Crippen molar-refractivity contribution in [3.8, 4) is 6.01 Å². The van der Waals surface area contributed by atoms with Crippen LogP contribution in [0.2, 0.25) is 0 Å². The lowest BCUT2D eigenvalue weighted by molar-refractivity contribution is 0.254. The van der Waals surface area contributed by atoms with E-state index < -0.39 is 6.67 Å². The smallest absolute Gasteiger partial charge is 0.316 e. The number of hydrogen-bond acceptors (Lipinski definition) is 4. The molecule has 0 bridgehead atoms. The maximum Gasteiger partial charge on any atom is 0.316 e. The van der Waals surface area contributed by atoms with Gasteiger partial charge in [0.15, 0.2) is 0 Å². The number of alkyl halides is 1. The first kappa shape index (κ1) is 8.37. The van der Waals surface area contributed by atoms with Crippen LogP contribution < -0.4 is 10.1 Å². The van der Waals surface area contributed by atoms with Gasteiger partial charge in [0.2, 0.25) is 0 Å². The van der Waals surface area contributed by atoms with Gasteiger partial charge in [-0.1, -0.05) is 0 Å². The van der Waals surface area contributed by atoms with E-state index in [2.05, 4.69) is 15.3 Å². The Bertz CT molecular complexity index is 305. The Morgan fingerprint density at radius 2 is 2.46 bits per heavy atom. The van der Waals surface area contributed by atoms with E-state index in [0.29, 0.717) is 0 Å². The van der Waals surface area contributed by atoms with Crippen molar-refractivity contribution in [2.45, 2.75) is 13.1 Å². The lowest BCUT2D eigenvalue weighted by Crippen LogP contribution is -2.04. The van der Waals surface area contributed by atoms with Gasteiger partial charge in [-0.3, -0.25) is 0 Å². The highest BCUT2D eigenvalue weighted by atomic mass is 19.1. The van der Waals surface area contributed by atoms with Gasteiger partial charge in [-0.05, 0) is 0 Å². The minimum Gasteiger partial charge on any atom is -0.461 e. The highest BCUT2D eigenvalue weighted by molar-refractivity contribution is 5.22. The molecule has 0 saturated carbocycles. The van der Waals surface area contributed by atoms with Crippen LogP contribution in [0.1, 0.15) is 11.3 Å². The molecule has 0 unspecified atom stereocenters. The van der Waals surface area contributed by atoms with E-state index >= 15 is 0 Å². The largest absolute Gasteiger partial charge is 0.461 e. The zero-order chi connectivity index (χ0) is 9.10. The number of nitrogens with zero attached hydrogens (tertiary/aromatic N) is 2. The van der Waals surface area contributed by atoms with E-state index in [1.165, 1.54) is 0 Å². The number of fused-ring (bicyclic) bond motifs is 1. The monoisotopic (exact) mass is 183 g/mol. The van der Waals surface area contributed by atoms with Crippen LogP contribution in [0, 0.1) is 0 Å². The van der Waals surface area contributed by atoms with Crippen LogP contribution in [0.25, 0.3) is 0 Å². The molecule has 0 saturated heterocycles. The molecule has 2 heterocycles. The third-order valence-corrected chi connectivity index (χ3v) is 1.85. The number of nitrogens with one attached hydrogen (secondary N) is 1. The zero-order valence-electron chi connectivity index (χ0n) is 7.09. The van der Waals surface area contributed by atoms with Crippen LogP contribution >= 0.6 is 0 Å². The van der Waals surface area contributed by atoms with Crippen LogP contribution in [0.3, 0.4) is 0 Å². The summed E-state index contributed by atoms with van der Waals surface area (Å²) in [4.78, 5) is 8.08. The predicted molar refractivity (Wildman–Crippen MR) is 44.0 cm³/mol. The first-order valence-electron chi connectivity index (χ1n) is 4.14. The fourth-order valence-corrected chi connectivity index (χ4v) is 1.24. The molecule has 1 N–H and O–H groups in total. The summed E-state index contributed by atoms with van der Waals surface area (Å²) in [5, 5.41) is 3.14. The lowest BCUT2D eigenvalue weighted by atomic mass is 10.3. The summed E-state index contributed by atoms with van der Waals surface area (Å²) in [5.74, 6) is 0. The molecule has 4 nitrogen and oxygen atoms in total. The summed E-state index contributed by atoms with van der Waals surface area (Å²) >= 11 is 0. The molecule has 5 heteroatoms. The highest BCUT2D eigenvalue weighted by Gasteiger charge is 2.12. The van der Waals surface area contributed by atoms with Gasteiger partial charge in [0, 0.05) is 24.8 Å². The van der Waals surface area contributed by atoms with Gasteiger partial charge in [-0.2, -0.15) is 4.98 Å². The fourth-order valence-electron chi connectivity index (χ4n) is 1.24. The Morgan fingerprint density at radius 1 is 1.54 bits per heavy atom. The molecule has 1 aliphatic rings. The molecule has 1 aliphatic heterocycles. The molecule has 0 fully saturated rings. The van der Waals surface area contributed by atoms with Crippen molar-refractivity contribution in [1.82, 2.24) is 15.3 Å². The molecule has 13 heavy (non-hydrogen) atoms. The van der Waals surface area contributed by atoms with E-state index in [1.807, 2.05) is 0 Å². The molecule has 0 radical (unpaired) electrons. The van der Waals surface area contributed by atoms with E-state index in [9.17, 15) is 4.39 Å². The predicted octanol–water partition coefficient (Wildman–Crippen LogP) is 0.428. The fraction of sp³-hybridized carbons (Fsp3) is 0.500. The zero-order valence-corrected chi connectivity index (χ0v) is 7.09. The van der Waals surface area contributed by atoms with Crippen molar-refractivity contribution < 1.29 is 9.13 Å².